The first-order chi connectivity index (χ1) is 11.1. The van der Waals surface area contributed by atoms with E-state index in [0.717, 1.165) is 16.0 Å². The van der Waals surface area contributed by atoms with Gasteiger partial charge in [0.15, 0.2) is 11.7 Å². The molecule has 3 rings (SSSR count). The predicted molar refractivity (Wildman–Crippen MR) is 91.7 cm³/mol. The van der Waals surface area contributed by atoms with E-state index >= 15 is 0 Å². The molecule has 0 saturated carbocycles. The highest BCUT2D eigenvalue weighted by Crippen LogP contribution is 2.29. The number of anilines is 1. The van der Waals surface area contributed by atoms with Gasteiger partial charge < -0.3 is 9.47 Å². The number of carbonyl (C=O) groups is 1. The molecule has 23 heavy (non-hydrogen) atoms. The van der Waals surface area contributed by atoms with E-state index in [9.17, 15) is 4.79 Å². The quantitative estimate of drug-likeness (QED) is 0.757. The number of hydrogen-bond donors (Lipinski definition) is 1. The van der Waals surface area contributed by atoms with Gasteiger partial charge in [-0.2, -0.15) is 0 Å². The average molecular weight is 349 g/mol. The topological polar surface area (TPSA) is 60.5 Å². The summed E-state index contributed by atoms with van der Waals surface area (Å²) in [6, 6.07) is 12.5. The summed E-state index contributed by atoms with van der Waals surface area (Å²) in [6.45, 7) is -0.112. The molecule has 0 aliphatic carbocycles. The standard InChI is InChI=1S/C16H13ClN2O3S/c1-21-11-5-6-13-14(8-11)23-16(18-13)19-15(20)9-22-12-4-2-3-10(17)7-12/h2-8H,9H2,1H3,(H,18,19,20). The first-order valence-electron chi connectivity index (χ1n) is 6.77. The maximum atomic E-state index is 11.9. The van der Waals surface area contributed by atoms with Gasteiger partial charge in [0.1, 0.15) is 11.5 Å². The molecule has 7 heteroatoms. The first kappa shape index (κ1) is 15.6. The summed E-state index contributed by atoms with van der Waals surface area (Å²) in [5, 5.41) is 3.80. The second-order valence-electron chi connectivity index (χ2n) is 4.65. The lowest BCUT2D eigenvalue weighted by molar-refractivity contribution is -0.118. The third-order valence-electron chi connectivity index (χ3n) is 3.01. The number of carbonyl (C=O) groups excluding carboxylic acids is 1. The van der Waals surface area contributed by atoms with Crippen LogP contribution in [0.25, 0.3) is 10.2 Å². The third-order valence-corrected chi connectivity index (χ3v) is 4.18. The summed E-state index contributed by atoms with van der Waals surface area (Å²) in [6.07, 6.45) is 0. The maximum absolute atomic E-state index is 11.9. The van der Waals surface area contributed by atoms with Gasteiger partial charge in [0, 0.05) is 5.02 Å². The molecule has 1 amide bonds. The van der Waals surface area contributed by atoms with Crippen LogP contribution in [0.4, 0.5) is 5.13 Å². The van der Waals surface area contributed by atoms with Crippen LogP contribution < -0.4 is 14.8 Å². The highest BCUT2D eigenvalue weighted by atomic mass is 35.5. The van der Waals surface area contributed by atoms with Crippen LogP contribution in [0.2, 0.25) is 5.02 Å². The van der Waals surface area contributed by atoms with Crippen LogP contribution in [-0.4, -0.2) is 24.6 Å². The molecular formula is C16H13ClN2O3S. The second-order valence-corrected chi connectivity index (χ2v) is 6.11. The van der Waals surface area contributed by atoms with Gasteiger partial charge >= 0.3 is 0 Å². The zero-order valence-electron chi connectivity index (χ0n) is 12.2. The van der Waals surface area contributed by atoms with Crippen molar-refractivity contribution >= 4 is 44.2 Å². The lowest BCUT2D eigenvalue weighted by Gasteiger charge is -2.05. The number of halogens is 1. The zero-order valence-corrected chi connectivity index (χ0v) is 13.8. The normalized spacial score (nSPS) is 10.5. The average Bonchev–Trinajstić information content (AvgIpc) is 2.94. The van der Waals surface area contributed by atoms with Gasteiger partial charge in [-0.25, -0.2) is 4.98 Å². The molecule has 0 unspecified atom stereocenters. The fraction of sp³-hybridized carbons (Fsp3) is 0.125. The highest BCUT2D eigenvalue weighted by Gasteiger charge is 2.09. The number of thiazole rings is 1. The molecule has 2 aromatic carbocycles. The Kier molecular flexibility index (Phi) is 4.64. The molecule has 0 aliphatic heterocycles. The molecule has 0 saturated heterocycles. The van der Waals surface area contributed by atoms with Gasteiger partial charge in [0.05, 0.1) is 17.3 Å². The van der Waals surface area contributed by atoms with Crippen LogP contribution in [0.1, 0.15) is 0 Å². The van der Waals surface area contributed by atoms with Gasteiger partial charge in [-0.05, 0) is 36.4 Å². The summed E-state index contributed by atoms with van der Waals surface area (Å²) >= 11 is 7.24. The van der Waals surface area contributed by atoms with E-state index in [1.807, 2.05) is 18.2 Å². The summed E-state index contributed by atoms with van der Waals surface area (Å²) < 4.78 is 11.5. The van der Waals surface area contributed by atoms with Gasteiger partial charge in [-0.3, -0.25) is 10.1 Å². The van der Waals surface area contributed by atoms with Crippen LogP contribution in [0.15, 0.2) is 42.5 Å². The van der Waals surface area contributed by atoms with Gasteiger partial charge in [-0.15, -0.1) is 0 Å². The van der Waals surface area contributed by atoms with Crippen molar-refractivity contribution in [3.63, 3.8) is 0 Å². The Balaban J connectivity index is 1.63. The molecule has 118 valence electrons. The van der Waals surface area contributed by atoms with Crippen molar-refractivity contribution in [1.82, 2.24) is 4.98 Å². The summed E-state index contributed by atoms with van der Waals surface area (Å²) in [4.78, 5) is 16.3. The molecule has 1 heterocycles. The molecule has 0 spiro atoms. The van der Waals surface area contributed by atoms with Crippen molar-refractivity contribution in [3.8, 4) is 11.5 Å². The zero-order chi connectivity index (χ0) is 16.2. The third kappa shape index (κ3) is 3.91. The lowest BCUT2D eigenvalue weighted by Crippen LogP contribution is -2.19. The van der Waals surface area contributed by atoms with E-state index in [-0.39, 0.29) is 12.5 Å². The molecule has 0 radical (unpaired) electrons. The molecule has 0 fully saturated rings. The number of hydrogen-bond acceptors (Lipinski definition) is 5. The van der Waals surface area contributed by atoms with Crippen LogP contribution in [-0.2, 0) is 4.79 Å². The largest absolute Gasteiger partial charge is 0.497 e. The number of fused-ring (bicyclic) bond motifs is 1. The number of ether oxygens (including phenoxy) is 2. The number of benzene rings is 2. The van der Waals surface area contributed by atoms with Crippen LogP contribution >= 0.6 is 22.9 Å². The smallest absolute Gasteiger partial charge is 0.264 e. The SMILES string of the molecule is COc1ccc2nc(NC(=O)COc3cccc(Cl)c3)sc2c1. The van der Waals surface area contributed by atoms with E-state index < -0.39 is 0 Å². The number of nitrogens with one attached hydrogen (secondary N) is 1. The molecule has 0 atom stereocenters. The van der Waals surface area contributed by atoms with Crippen molar-refractivity contribution in [1.29, 1.82) is 0 Å². The van der Waals surface area contributed by atoms with Crippen molar-refractivity contribution in [2.75, 3.05) is 19.0 Å². The fourth-order valence-corrected chi connectivity index (χ4v) is 3.04. The minimum Gasteiger partial charge on any atom is -0.497 e. The molecule has 0 bridgehead atoms. The Labute approximate surface area is 141 Å². The van der Waals surface area contributed by atoms with Crippen LogP contribution in [0.3, 0.4) is 0 Å². The number of aromatic nitrogens is 1. The fourth-order valence-electron chi connectivity index (χ4n) is 1.95. The Morgan fingerprint density at radius 2 is 2.13 bits per heavy atom. The molecule has 1 aromatic heterocycles. The van der Waals surface area contributed by atoms with E-state index in [4.69, 9.17) is 21.1 Å². The Bertz CT molecular complexity index is 850. The summed E-state index contributed by atoms with van der Waals surface area (Å²) in [5.74, 6) is 1.01. The summed E-state index contributed by atoms with van der Waals surface area (Å²) in [7, 11) is 1.61. The molecule has 3 aromatic rings. The Morgan fingerprint density at radius 3 is 2.91 bits per heavy atom. The van der Waals surface area contributed by atoms with Crippen LogP contribution in [0, 0.1) is 0 Å². The van der Waals surface area contributed by atoms with Crippen LogP contribution in [0.5, 0.6) is 11.5 Å². The Morgan fingerprint density at radius 1 is 1.26 bits per heavy atom. The number of amides is 1. The molecule has 0 aliphatic rings. The molecular weight excluding hydrogens is 336 g/mol. The van der Waals surface area contributed by atoms with Crippen molar-refractivity contribution in [2.24, 2.45) is 0 Å². The van der Waals surface area contributed by atoms with E-state index in [2.05, 4.69) is 10.3 Å². The van der Waals surface area contributed by atoms with Crippen molar-refractivity contribution < 1.29 is 14.3 Å². The Hall–Kier alpha value is -2.31. The van der Waals surface area contributed by atoms with Gasteiger partial charge in [0.25, 0.3) is 5.91 Å². The van der Waals surface area contributed by atoms with Crippen molar-refractivity contribution in [3.05, 3.63) is 47.5 Å². The van der Waals surface area contributed by atoms with E-state index in [0.29, 0.717) is 15.9 Å². The number of nitrogens with zero attached hydrogens (tertiary/aromatic N) is 1. The molecule has 1 N–H and O–H groups in total. The van der Waals surface area contributed by atoms with E-state index in [1.54, 1.807) is 31.4 Å². The minimum atomic E-state index is -0.281. The summed E-state index contributed by atoms with van der Waals surface area (Å²) in [5.41, 5.74) is 0.807. The maximum Gasteiger partial charge on any atom is 0.264 e. The molecule has 5 nitrogen and oxygen atoms in total. The van der Waals surface area contributed by atoms with Gasteiger partial charge in [-0.1, -0.05) is 29.0 Å². The van der Waals surface area contributed by atoms with Gasteiger partial charge in [0.2, 0.25) is 0 Å². The highest BCUT2D eigenvalue weighted by molar-refractivity contribution is 7.22. The monoisotopic (exact) mass is 348 g/mol. The lowest BCUT2D eigenvalue weighted by atomic mass is 10.3. The number of rotatable bonds is 5. The number of methoxy groups -OCH3 is 1. The minimum absolute atomic E-state index is 0.112. The first-order valence-corrected chi connectivity index (χ1v) is 7.96. The second kappa shape index (κ2) is 6.85. The predicted octanol–water partition coefficient (Wildman–Crippen LogP) is 3.98. The van der Waals surface area contributed by atoms with Crippen molar-refractivity contribution in [2.45, 2.75) is 0 Å². The van der Waals surface area contributed by atoms with E-state index in [1.165, 1.54) is 11.3 Å².